The smallest absolute Gasteiger partial charge is 0.330 e. The van der Waals surface area contributed by atoms with E-state index in [2.05, 4.69) is 13.8 Å². The zero-order chi connectivity index (χ0) is 13.5. The van der Waals surface area contributed by atoms with Gasteiger partial charge in [0.05, 0.1) is 0 Å². The molecule has 0 rings (SSSR count). The van der Waals surface area contributed by atoms with Crippen LogP contribution in [0.4, 0.5) is 0 Å². The molecule has 2 nitrogen and oxygen atoms in total. The van der Waals surface area contributed by atoms with Crippen LogP contribution in [0.3, 0.4) is 0 Å². The molecule has 0 aromatic rings. The van der Waals surface area contributed by atoms with Crippen molar-refractivity contribution >= 4 is 5.97 Å². The van der Waals surface area contributed by atoms with Gasteiger partial charge >= 0.3 is 5.97 Å². The minimum atomic E-state index is -0.845. The molecule has 0 radical (unpaired) electrons. The Labute approximate surface area is 107 Å². The summed E-state index contributed by atoms with van der Waals surface area (Å²) in [6.45, 7) is 7.80. The Hall–Kier alpha value is -0.790. The minimum absolute atomic E-state index is 0.389. The summed E-state index contributed by atoms with van der Waals surface area (Å²) in [6, 6.07) is 0. The highest BCUT2D eigenvalue weighted by Crippen LogP contribution is 2.07. The summed E-state index contributed by atoms with van der Waals surface area (Å²) in [6.07, 6.45) is 13.0. The lowest BCUT2D eigenvalue weighted by atomic mass is 10.1. The van der Waals surface area contributed by atoms with E-state index in [9.17, 15) is 4.79 Å². The Morgan fingerprint density at radius 2 is 1.29 bits per heavy atom. The number of carboxylic acid groups (broad SMARTS) is 1. The van der Waals surface area contributed by atoms with Gasteiger partial charge in [-0.3, -0.25) is 0 Å². The monoisotopic (exact) mass is 242 g/mol. The lowest BCUT2D eigenvalue weighted by molar-refractivity contribution is -0.132. The second-order valence-corrected chi connectivity index (χ2v) is 4.40. The molecule has 0 aromatic carbocycles. The Morgan fingerprint density at radius 3 is 1.47 bits per heavy atom. The third-order valence-electron chi connectivity index (χ3n) is 2.73. The molecule has 0 aliphatic rings. The van der Waals surface area contributed by atoms with E-state index >= 15 is 0 Å². The van der Waals surface area contributed by atoms with Crippen LogP contribution in [0.15, 0.2) is 11.6 Å². The number of carbonyl (C=O) groups is 1. The summed E-state index contributed by atoms with van der Waals surface area (Å²) in [4.78, 5) is 9.86. The van der Waals surface area contributed by atoms with Gasteiger partial charge < -0.3 is 5.11 Å². The second-order valence-electron chi connectivity index (χ2n) is 4.40. The Morgan fingerprint density at radius 1 is 0.941 bits per heavy atom. The van der Waals surface area contributed by atoms with E-state index in [1.165, 1.54) is 51.4 Å². The highest BCUT2D eigenvalue weighted by molar-refractivity contribution is 5.85. The number of hydrogen-bond acceptors (Lipinski definition) is 1. The zero-order valence-corrected chi connectivity index (χ0v) is 12.1. The summed E-state index contributed by atoms with van der Waals surface area (Å²) in [5.74, 6) is -0.845. The van der Waals surface area contributed by atoms with Gasteiger partial charge in [-0.25, -0.2) is 4.79 Å². The Balaban J connectivity index is 0. The van der Waals surface area contributed by atoms with Crippen LogP contribution in [-0.2, 0) is 4.79 Å². The largest absolute Gasteiger partial charge is 0.478 e. The average molecular weight is 242 g/mol. The molecule has 0 aromatic heterocycles. The first-order valence-electron chi connectivity index (χ1n) is 6.96. The van der Waals surface area contributed by atoms with E-state index in [1.807, 2.05) is 0 Å². The number of rotatable bonds is 8. The van der Waals surface area contributed by atoms with Gasteiger partial charge in [0.15, 0.2) is 0 Å². The van der Waals surface area contributed by atoms with Gasteiger partial charge in [0.25, 0.3) is 0 Å². The molecule has 0 fully saturated rings. The van der Waals surface area contributed by atoms with Crippen LogP contribution in [0.25, 0.3) is 0 Å². The molecule has 0 spiro atoms. The van der Waals surface area contributed by atoms with Crippen molar-refractivity contribution in [3.8, 4) is 0 Å². The molecule has 0 saturated carbocycles. The van der Waals surface area contributed by atoms with Crippen LogP contribution in [0, 0.1) is 0 Å². The summed E-state index contributed by atoms with van der Waals surface area (Å²) >= 11 is 0. The molecule has 17 heavy (non-hydrogen) atoms. The number of allylic oxidation sites excluding steroid dienone is 1. The highest BCUT2D eigenvalue weighted by Gasteiger charge is 1.93. The molecule has 0 atom stereocenters. The van der Waals surface area contributed by atoms with E-state index < -0.39 is 5.97 Å². The maximum Gasteiger partial charge on any atom is 0.330 e. The van der Waals surface area contributed by atoms with Crippen LogP contribution in [0.1, 0.15) is 79.1 Å². The summed E-state index contributed by atoms with van der Waals surface area (Å²) in [7, 11) is 0. The molecule has 102 valence electrons. The first-order valence-corrected chi connectivity index (χ1v) is 6.96. The van der Waals surface area contributed by atoms with Crippen molar-refractivity contribution in [3.63, 3.8) is 0 Å². The van der Waals surface area contributed by atoms with Crippen molar-refractivity contribution in [3.05, 3.63) is 11.6 Å². The summed E-state index contributed by atoms with van der Waals surface area (Å²) < 4.78 is 0. The molecule has 0 saturated heterocycles. The number of hydrogen-bond donors (Lipinski definition) is 1. The predicted molar refractivity (Wildman–Crippen MR) is 75.4 cm³/mol. The van der Waals surface area contributed by atoms with E-state index in [0.29, 0.717) is 5.57 Å². The third kappa shape index (κ3) is 17.8. The zero-order valence-electron chi connectivity index (χ0n) is 12.1. The van der Waals surface area contributed by atoms with E-state index in [0.717, 1.165) is 0 Å². The highest BCUT2D eigenvalue weighted by atomic mass is 16.4. The van der Waals surface area contributed by atoms with Crippen molar-refractivity contribution in [2.24, 2.45) is 0 Å². The average Bonchev–Trinajstić information content (AvgIpc) is 2.33. The van der Waals surface area contributed by atoms with Crippen molar-refractivity contribution in [2.45, 2.75) is 79.1 Å². The Kier molecular flexibility index (Phi) is 16.6. The van der Waals surface area contributed by atoms with Gasteiger partial charge in [-0.05, 0) is 13.8 Å². The SMILES string of the molecule is CC=C(C)C(=O)O.CCCCCCCCCC. The molecular weight excluding hydrogens is 212 g/mol. The molecule has 0 aliphatic carbocycles. The lowest BCUT2D eigenvalue weighted by Crippen LogP contribution is -1.93. The number of unbranched alkanes of at least 4 members (excludes halogenated alkanes) is 7. The molecule has 0 heterocycles. The third-order valence-corrected chi connectivity index (χ3v) is 2.73. The summed E-state index contributed by atoms with van der Waals surface area (Å²) in [5.41, 5.74) is 0.389. The molecule has 0 bridgehead atoms. The van der Waals surface area contributed by atoms with Crippen molar-refractivity contribution in [1.82, 2.24) is 0 Å². The van der Waals surface area contributed by atoms with Crippen LogP contribution < -0.4 is 0 Å². The number of aliphatic carboxylic acids is 1. The second kappa shape index (κ2) is 15.2. The van der Waals surface area contributed by atoms with Gasteiger partial charge in [0.2, 0.25) is 0 Å². The van der Waals surface area contributed by atoms with Crippen LogP contribution in [-0.4, -0.2) is 11.1 Å². The lowest BCUT2D eigenvalue weighted by Gasteiger charge is -1.97. The van der Waals surface area contributed by atoms with Crippen molar-refractivity contribution < 1.29 is 9.90 Å². The van der Waals surface area contributed by atoms with Crippen molar-refractivity contribution in [1.29, 1.82) is 0 Å². The van der Waals surface area contributed by atoms with Gasteiger partial charge in [-0.2, -0.15) is 0 Å². The molecule has 0 amide bonds. The predicted octanol–water partition coefficient (Wildman–Crippen LogP) is 5.18. The first-order chi connectivity index (χ1) is 8.09. The fourth-order valence-corrected chi connectivity index (χ4v) is 1.33. The van der Waals surface area contributed by atoms with E-state index in [4.69, 9.17) is 5.11 Å². The minimum Gasteiger partial charge on any atom is -0.478 e. The van der Waals surface area contributed by atoms with Crippen LogP contribution >= 0.6 is 0 Å². The van der Waals surface area contributed by atoms with Gasteiger partial charge in [0, 0.05) is 5.57 Å². The first kappa shape index (κ1) is 18.6. The van der Waals surface area contributed by atoms with Crippen LogP contribution in [0.5, 0.6) is 0 Å². The molecule has 0 unspecified atom stereocenters. The molecule has 2 heteroatoms. The van der Waals surface area contributed by atoms with Gasteiger partial charge in [0.1, 0.15) is 0 Å². The topological polar surface area (TPSA) is 37.3 Å². The molecular formula is C15H30O2. The van der Waals surface area contributed by atoms with Gasteiger partial charge in [-0.1, -0.05) is 71.3 Å². The summed E-state index contributed by atoms with van der Waals surface area (Å²) in [5, 5.41) is 8.11. The standard InChI is InChI=1S/C10H22.C5H8O2/c1-3-5-7-9-10-8-6-4-2;1-3-4(2)5(6)7/h3-10H2,1-2H3;3H,1-2H3,(H,6,7). The van der Waals surface area contributed by atoms with E-state index in [1.54, 1.807) is 19.9 Å². The Bertz CT molecular complexity index is 187. The van der Waals surface area contributed by atoms with Crippen molar-refractivity contribution in [2.75, 3.05) is 0 Å². The fourth-order valence-electron chi connectivity index (χ4n) is 1.33. The maximum absolute atomic E-state index is 9.86. The normalized spacial score (nSPS) is 10.7. The molecule has 1 N–H and O–H groups in total. The maximum atomic E-state index is 9.86. The van der Waals surface area contributed by atoms with Crippen LogP contribution in [0.2, 0.25) is 0 Å². The number of carboxylic acids is 1. The van der Waals surface area contributed by atoms with Gasteiger partial charge in [-0.15, -0.1) is 0 Å². The quantitative estimate of drug-likeness (QED) is 0.470. The molecule has 0 aliphatic heterocycles. The fraction of sp³-hybridized carbons (Fsp3) is 0.800. The van der Waals surface area contributed by atoms with E-state index in [-0.39, 0.29) is 0 Å².